The summed E-state index contributed by atoms with van der Waals surface area (Å²) in [5.74, 6) is 4.04. The number of aromatic nitrogens is 4. The van der Waals surface area contributed by atoms with Crippen molar-refractivity contribution in [2.75, 3.05) is 26.2 Å². The van der Waals surface area contributed by atoms with Gasteiger partial charge in [0.1, 0.15) is 21.5 Å². The second kappa shape index (κ2) is 10.4. The fourth-order valence-corrected chi connectivity index (χ4v) is 6.78. The molecule has 2 aromatic carbocycles. The van der Waals surface area contributed by atoms with Gasteiger partial charge in [-0.3, -0.25) is 4.79 Å². The Morgan fingerprint density at radius 3 is 2.58 bits per heavy atom. The van der Waals surface area contributed by atoms with Crippen molar-refractivity contribution in [2.24, 2.45) is 5.92 Å². The number of carbonyl (C=O) groups excluding carboxylic acids is 1. The zero-order chi connectivity index (χ0) is 27.2. The summed E-state index contributed by atoms with van der Waals surface area (Å²) in [7, 11) is 0. The van der Waals surface area contributed by atoms with E-state index in [4.69, 9.17) is 9.15 Å². The van der Waals surface area contributed by atoms with E-state index in [1.165, 1.54) is 13.0 Å². The molecule has 0 N–H and O–H groups in total. The average molecular weight is 557 g/mol. The maximum Gasteiger partial charge on any atom is 0.247 e. The molecule has 10 heteroatoms. The first kappa shape index (κ1) is 25.3. The molecule has 9 nitrogen and oxygen atoms in total. The van der Waals surface area contributed by atoms with E-state index < -0.39 is 0 Å². The summed E-state index contributed by atoms with van der Waals surface area (Å²) >= 11 is 1.61. The number of benzene rings is 2. The zero-order valence-corrected chi connectivity index (χ0v) is 23.6. The van der Waals surface area contributed by atoms with Gasteiger partial charge in [0.25, 0.3) is 0 Å². The van der Waals surface area contributed by atoms with E-state index >= 15 is 0 Å². The van der Waals surface area contributed by atoms with Crippen LogP contribution >= 0.6 is 11.3 Å². The Morgan fingerprint density at radius 2 is 1.88 bits per heavy atom. The molecule has 1 amide bonds. The van der Waals surface area contributed by atoms with Gasteiger partial charge in [-0.05, 0) is 61.7 Å². The van der Waals surface area contributed by atoms with Crippen LogP contribution < -0.4 is 4.74 Å². The number of hydrogen-bond acceptors (Lipinski definition) is 9. The number of fused-ring (bicyclic) bond motifs is 2. The first-order valence-corrected chi connectivity index (χ1v) is 14.9. The van der Waals surface area contributed by atoms with Gasteiger partial charge in [0.15, 0.2) is 0 Å². The number of carbonyl (C=O) groups is 1. The van der Waals surface area contributed by atoms with Crippen LogP contribution in [0.15, 0.2) is 46.9 Å². The summed E-state index contributed by atoms with van der Waals surface area (Å²) in [6, 6.07) is 13.8. The van der Waals surface area contributed by atoms with Crippen LogP contribution in [0.25, 0.3) is 22.0 Å². The largest absolute Gasteiger partial charge is 0.457 e. The first-order chi connectivity index (χ1) is 19.5. The molecule has 3 saturated heterocycles. The van der Waals surface area contributed by atoms with Crippen LogP contribution in [0.4, 0.5) is 0 Å². The van der Waals surface area contributed by atoms with Crippen molar-refractivity contribution in [1.82, 2.24) is 30.2 Å². The van der Waals surface area contributed by atoms with E-state index in [0.29, 0.717) is 48.1 Å². The molecule has 2 bridgehead atoms. The highest BCUT2D eigenvalue weighted by Crippen LogP contribution is 2.40. The summed E-state index contributed by atoms with van der Waals surface area (Å²) in [6.45, 7) is 8.80. The number of rotatable bonds is 8. The highest BCUT2D eigenvalue weighted by molar-refractivity contribution is 7.14. The van der Waals surface area contributed by atoms with Crippen molar-refractivity contribution < 1.29 is 13.9 Å². The molecule has 0 radical (unpaired) electrons. The molecule has 2 aromatic heterocycles. The molecule has 3 fully saturated rings. The van der Waals surface area contributed by atoms with Gasteiger partial charge in [0.05, 0.1) is 5.92 Å². The Bertz CT molecular complexity index is 1530. The average Bonchev–Trinajstić information content (AvgIpc) is 3.80. The first-order valence-electron chi connectivity index (χ1n) is 14.1. The highest BCUT2D eigenvalue weighted by Gasteiger charge is 2.41. The zero-order valence-electron chi connectivity index (χ0n) is 22.7. The minimum atomic E-state index is 0.181. The van der Waals surface area contributed by atoms with Crippen LogP contribution in [-0.2, 0) is 11.3 Å². The van der Waals surface area contributed by atoms with Crippen molar-refractivity contribution in [3.63, 3.8) is 0 Å². The van der Waals surface area contributed by atoms with E-state index in [1.54, 1.807) is 11.3 Å². The molecule has 7 rings (SSSR count). The molecule has 0 aliphatic carbocycles. The SMILES string of the molecule is CC(C)c1nnc(-c2ccc(Oc3cc(-c4nnc([C@@H]5CN6CC[C@H]5C6)o4)ccc3CN3CCCC3=O)cc2)s1. The topological polar surface area (TPSA) is 97.5 Å². The van der Waals surface area contributed by atoms with Crippen LogP contribution in [0.2, 0.25) is 0 Å². The van der Waals surface area contributed by atoms with E-state index in [1.807, 2.05) is 47.4 Å². The van der Waals surface area contributed by atoms with Crippen molar-refractivity contribution >= 4 is 17.2 Å². The minimum Gasteiger partial charge on any atom is -0.457 e. The fourth-order valence-electron chi connectivity index (χ4n) is 5.93. The molecular weight excluding hydrogens is 524 g/mol. The number of amides is 1. The van der Waals surface area contributed by atoms with Crippen LogP contribution in [0.5, 0.6) is 11.5 Å². The predicted molar refractivity (Wildman–Crippen MR) is 151 cm³/mol. The molecular formula is C30H32N6O3S. The van der Waals surface area contributed by atoms with E-state index in [-0.39, 0.29) is 5.91 Å². The quantitative estimate of drug-likeness (QED) is 0.272. The summed E-state index contributed by atoms with van der Waals surface area (Å²) < 4.78 is 12.6. The van der Waals surface area contributed by atoms with Gasteiger partial charge < -0.3 is 19.0 Å². The Balaban J connectivity index is 1.15. The summed E-state index contributed by atoms with van der Waals surface area (Å²) in [5, 5.41) is 19.4. The third kappa shape index (κ3) is 4.90. The number of nitrogens with zero attached hydrogens (tertiary/aromatic N) is 6. The normalized spacial score (nSPS) is 22.1. The summed E-state index contributed by atoms with van der Waals surface area (Å²) in [6.07, 6.45) is 2.69. The molecule has 3 aliphatic rings. The molecule has 1 unspecified atom stereocenters. The van der Waals surface area contributed by atoms with E-state index in [0.717, 1.165) is 58.7 Å². The highest BCUT2D eigenvalue weighted by atomic mass is 32.1. The predicted octanol–water partition coefficient (Wildman–Crippen LogP) is 5.71. The van der Waals surface area contributed by atoms with Crippen molar-refractivity contribution in [2.45, 2.75) is 51.5 Å². The van der Waals surface area contributed by atoms with Crippen LogP contribution in [0, 0.1) is 5.92 Å². The van der Waals surface area contributed by atoms with Crippen LogP contribution in [0.3, 0.4) is 0 Å². The molecule has 5 heterocycles. The van der Waals surface area contributed by atoms with E-state index in [9.17, 15) is 4.79 Å². The van der Waals surface area contributed by atoms with Crippen molar-refractivity contribution in [1.29, 1.82) is 0 Å². The Morgan fingerprint density at radius 1 is 1.02 bits per heavy atom. The molecule has 4 aromatic rings. The van der Waals surface area contributed by atoms with Gasteiger partial charge in [-0.25, -0.2) is 0 Å². The maximum atomic E-state index is 12.4. The van der Waals surface area contributed by atoms with Crippen molar-refractivity contribution in [3.05, 3.63) is 58.9 Å². The molecule has 0 spiro atoms. The summed E-state index contributed by atoms with van der Waals surface area (Å²) in [4.78, 5) is 16.7. The second-order valence-electron chi connectivity index (χ2n) is 11.3. The number of piperidine rings is 1. The van der Waals surface area contributed by atoms with Crippen molar-refractivity contribution in [3.8, 4) is 33.5 Å². The lowest BCUT2D eigenvalue weighted by atomic mass is 9.93. The van der Waals surface area contributed by atoms with Crippen LogP contribution in [-0.4, -0.2) is 62.3 Å². The lowest BCUT2D eigenvalue weighted by Gasteiger charge is -2.19. The Kier molecular flexibility index (Phi) is 6.59. The lowest BCUT2D eigenvalue weighted by Crippen LogP contribution is -2.24. The third-order valence-electron chi connectivity index (χ3n) is 8.20. The maximum absolute atomic E-state index is 12.4. The fraction of sp³-hybridized carbons (Fsp3) is 0.433. The van der Waals surface area contributed by atoms with Gasteiger partial charge in [-0.1, -0.05) is 31.3 Å². The molecule has 40 heavy (non-hydrogen) atoms. The van der Waals surface area contributed by atoms with Gasteiger partial charge in [0.2, 0.25) is 17.7 Å². The minimum absolute atomic E-state index is 0.181. The summed E-state index contributed by atoms with van der Waals surface area (Å²) in [5.41, 5.74) is 2.75. The number of hydrogen-bond donors (Lipinski definition) is 0. The molecule has 206 valence electrons. The number of ether oxygens (including phenoxy) is 1. The molecule has 0 saturated carbocycles. The Hall–Kier alpha value is -3.63. The second-order valence-corrected chi connectivity index (χ2v) is 12.3. The monoisotopic (exact) mass is 556 g/mol. The molecule has 3 atom stereocenters. The standard InChI is InChI=1S/C30H32N6O3S/c1-18(2)29-33-34-30(40-29)19-7-9-23(10-8-19)38-25-14-20(5-6-22(25)16-36-12-3-4-26(36)37)27-31-32-28(39-27)24-17-35-13-11-21(24)15-35/h5-10,14,18,21,24H,3-4,11-13,15-17H2,1-2H3/t21-,24+/m0/s1. The third-order valence-corrected chi connectivity index (χ3v) is 9.47. The van der Waals surface area contributed by atoms with Gasteiger partial charge >= 0.3 is 0 Å². The van der Waals surface area contributed by atoms with Gasteiger partial charge in [0, 0.05) is 55.2 Å². The smallest absolute Gasteiger partial charge is 0.247 e. The Labute approximate surface area is 237 Å². The van der Waals surface area contributed by atoms with Gasteiger partial charge in [-0.2, -0.15) is 0 Å². The van der Waals surface area contributed by atoms with Gasteiger partial charge in [-0.15, -0.1) is 20.4 Å². The molecule has 3 aliphatic heterocycles. The van der Waals surface area contributed by atoms with Crippen LogP contribution in [0.1, 0.15) is 61.4 Å². The lowest BCUT2D eigenvalue weighted by molar-refractivity contribution is -0.128. The van der Waals surface area contributed by atoms with E-state index in [2.05, 4.69) is 39.1 Å². The number of likely N-dealkylation sites (tertiary alicyclic amines) is 1.